The highest BCUT2D eigenvalue weighted by atomic mass is 79.9. The Morgan fingerprint density at radius 3 is 2.57 bits per heavy atom. The van der Waals surface area contributed by atoms with Gasteiger partial charge in [-0.3, -0.25) is 9.59 Å². The van der Waals surface area contributed by atoms with E-state index in [0.29, 0.717) is 19.0 Å². The van der Waals surface area contributed by atoms with Gasteiger partial charge in [0.1, 0.15) is 0 Å². The molecule has 1 aromatic carbocycles. The van der Waals surface area contributed by atoms with Crippen molar-refractivity contribution in [3.63, 3.8) is 0 Å². The number of nitrogens with zero attached hydrogens (tertiary/aromatic N) is 1. The van der Waals surface area contributed by atoms with Gasteiger partial charge in [-0.15, -0.1) is 0 Å². The summed E-state index contributed by atoms with van der Waals surface area (Å²) in [5.41, 5.74) is 1.84. The second-order valence-corrected chi connectivity index (χ2v) is 7.18. The normalized spacial score (nSPS) is 15.3. The minimum atomic E-state index is -0.0440. The predicted octanol–water partition coefficient (Wildman–Crippen LogP) is 4.27. The highest BCUT2D eigenvalue weighted by Gasteiger charge is 2.23. The zero-order valence-corrected chi connectivity index (χ0v) is 15.5. The Labute approximate surface area is 146 Å². The molecule has 1 saturated carbocycles. The van der Waals surface area contributed by atoms with Crippen LogP contribution in [0.5, 0.6) is 0 Å². The zero-order valence-electron chi connectivity index (χ0n) is 13.9. The maximum atomic E-state index is 12.2. The molecule has 0 aromatic heterocycles. The van der Waals surface area contributed by atoms with Gasteiger partial charge in [0.15, 0.2) is 0 Å². The van der Waals surface area contributed by atoms with Crippen LogP contribution >= 0.6 is 15.9 Å². The molecule has 1 fully saturated rings. The van der Waals surface area contributed by atoms with Crippen molar-refractivity contribution in [2.24, 2.45) is 0 Å². The van der Waals surface area contributed by atoms with Crippen molar-refractivity contribution < 1.29 is 9.59 Å². The number of halogens is 1. The first-order valence-electron chi connectivity index (χ1n) is 8.30. The number of nitrogens with one attached hydrogen (secondary N) is 1. The molecule has 0 unspecified atom stereocenters. The fraction of sp³-hybridized carbons (Fsp3) is 0.556. The van der Waals surface area contributed by atoms with E-state index in [9.17, 15) is 9.59 Å². The third-order valence-electron chi connectivity index (χ3n) is 4.46. The Hall–Kier alpha value is -1.36. The number of benzene rings is 1. The summed E-state index contributed by atoms with van der Waals surface area (Å²) in [5, 5.41) is 2.94. The van der Waals surface area contributed by atoms with Crippen LogP contribution in [0.25, 0.3) is 0 Å². The first-order chi connectivity index (χ1) is 11.0. The van der Waals surface area contributed by atoms with Crippen LogP contribution in [-0.4, -0.2) is 29.3 Å². The average molecular weight is 381 g/mol. The number of anilines is 1. The second-order valence-electron chi connectivity index (χ2n) is 6.26. The molecular formula is C18H25BrN2O2. The van der Waals surface area contributed by atoms with Crippen molar-refractivity contribution in [3.05, 3.63) is 28.2 Å². The largest absolute Gasteiger partial charge is 0.339 e. The molecule has 2 rings (SSSR count). The summed E-state index contributed by atoms with van der Waals surface area (Å²) in [4.78, 5) is 26.0. The van der Waals surface area contributed by atoms with Crippen molar-refractivity contribution in [1.82, 2.24) is 4.90 Å². The number of aryl methyl sites for hydroxylation is 1. The molecule has 0 saturated heterocycles. The Balaban J connectivity index is 1.89. The van der Waals surface area contributed by atoms with Crippen LogP contribution < -0.4 is 5.32 Å². The van der Waals surface area contributed by atoms with Crippen LogP contribution in [0.4, 0.5) is 5.69 Å². The van der Waals surface area contributed by atoms with Crippen LogP contribution in [0.3, 0.4) is 0 Å². The van der Waals surface area contributed by atoms with E-state index in [1.807, 2.05) is 30.0 Å². The molecular weight excluding hydrogens is 356 g/mol. The lowest BCUT2D eigenvalue weighted by atomic mass is 9.94. The summed E-state index contributed by atoms with van der Waals surface area (Å²) in [7, 11) is 0. The highest BCUT2D eigenvalue weighted by molar-refractivity contribution is 9.10. The summed E-state index contributed by atoms with van der Waals surface area (Å²) in [6, 6.07) is 6.08. The maximum Gasteiger partial charge on any atom is 0.226 e. The number of carbonyl (C=O) groups excluding carboxylic acids is 2. The summed E-state index contributed by atoms with van der Waals surface area (Å²) >= 11 is 3.42. The van der Waals surface area contributed by atoms with E-state index in [-0.39, 0.29) is 11.8 Å². The second kappa shape index (κ2) is 8.48. The van der Waals surface area contributed by atoms with Crippen LogP contribution in [0, 0.1) is 6.92 Å². The third kappa shape index (κ3) is 5.34. The number of rotatable bonds is 5. The number of hydrogen-bond acceptors (Lipinski definition) is 2. The van der Waals surface area contributed by atoms with Gasteiger partial charge >= 0.3 is 0 Å². The molecule has 1 aromatic rings. The minimum Gasteiger partial charge on any atom is -0.339 e. The number of hydrogen-bond donors (Lipinski definition) is 1. The lowest BCUT2D eigenvalue weighted by Gasteiger charge is -2.33. The van der Waals surface area contributed by atoms with Crippen LogP contribution in [-0.2, 0) is 9.59 Å². The van der Waals surface area contributed by atoms with Crippen molar-refractivity contribution >= 4 is 33.4 Å². The monoisotopic (exact) mass is 380 g/mol. The summed E-state index contributed by atoms with van der Waals surface area (Å²) in [6.45, 7) is 4.07. The Kier molecular flexibility index (Phi) is 6.63. The summed E-state index contributed by atoms with van der Waals surface area (Å²) in [6.07, 6.45) is 6.08. The van der Waals surface area contributed by atoms with Gasteiger partial charge in [0, 0.05) is 36.1 Å². The topological polar surface area (TPSA) is 49.4 Å². The molecule has 1 aliphatic carbocycles. The maximum absolute atomic E-state index is 12.2. The minimum absolute atomic E-state index is 0.0440. The molecule has 5 heteroatoms. The molecule has 0 heterocycles. The Morgan fingerprint density at radius 2 is 1.96 bits per heavy atom. The molecule has 23 heavy (non-hydrogen) atoms. The molecule has 126 valence electrons. The van der Waals surface area contributed by atoms with E-state index < -0.39 is 0 Å². The van der Waals surface area contributed by atoms with E-state index in [2.05, 4.69) is 21.2 Å². The van der Waals surface area contributed by atoms with E-state index >= 15 is 0 Å². The van der Waals surface area contributed by atoms with Gasteiger partial charge in [-0.1, -0.05) is 35.2 Å². The van der Waals surface area contributed by atoms with Gasteiger partial charge in [-0.05, 0) is 43.5 Å². The van der Waals surface area contributed by atoms with E-state index in [4.69, 9.17) is 0 Å². The van der Waals surface area contributed by atoms with E-state index in [1.165, 1.54) is 19.3 Å². The summed E-state index contributed by atoms with van der Waals surface area (Å²) < 4.78 is 0.994. The molecule has 0 bridgehead atoms. The average Bonchev–Trinajstić information content (AvgIpc) is 2.51. The first-order valence-corrected chi connectivity index (χ1v) is 9.10. The molecule has 1 N–H and O–H groups in total. The number of amides is 2. The molecule has 0 radical (unpaired) electrons. The lowest BCUT2D eigenvalue weighted by molar-refractivity contribution is -0.132. The fourth-order valence-electron chi connectivity index (χ4n) is 3.19. The van der Waals surface area contributed by atoms with Gasteiger partial charge in [0.05, 0.1) is 0 Å². The van der Waals surface area contributed by atoms with Crippen molar-refractivity contribution in [2.45, 2.75) is 58.4 Å². The van der Waals surface area contributed by atoms with Crippen LogP contribution in [0.1, 0.15) is 51.0 Å². The molecule has 1 aliphatic rings. The van der Waals surface area contributed by atoms with Crippen LogP contribution in [0.15, 0.2) is 22.7 Å². The van der Waals surface area contributed by atoms with Crippen molar-refractivity contribution in [2.75, 3.05) is 11.9 Å². The van der Waals surface area contributed by atoms with Crippen LogP contribution in [0.2, 0.25) is 0 Å². The standard InChI is InChI=1S/C18H25BrN2O2/c1-13-12-15(19)8-9-17(13)20-18(23)10-11-21(14(2)22)16-6-4-3-5-7-16/h8-9,12,16H,3-7,10-11H2,1-2H3,(H,20,23). The van der Waals surface area contributed by atoms with Gasteiger partial charge in [0.2, 0.25) is 11.8 Å². The molecule has 0 spiro atoms. The molecule has 4 nitrogen and oxygen atoms in total. The van der Waals surface area contributed by atoms with E-state index in [0.717, 1.165) is 28.6 Å². The molecule has 0 aliphatic heterocycles. The predicted molar refractivity (Wildman–Crippen MR) is 96.4 cm³/mol. The van der Waals surface area contributed by atoms with Gasteiger partial charge < -0.3 is 10.2 Å². The first kappa shape index (κ1) is 18.0. The van der Waals surface area contributed by atoms with Gasteiger partial charge in [0.25, 0.3) is 0 Å². The Morgan fingerprint density at radius 1 is 1.26 bits per heavy atom. The lowest BCUT2D eigenvalue weighted by Crippen LogP contribution is -2.41. The van der Waals surface area contributed by atoms with Crippen molar-refractivity contribution in [1.29, 1.82) is 0 Å². The fourth-order valence-corrected chi connectivity index (χ4v) is 3.67. The van der Waals surface area contributed by atoms with E-state index in [1.54, 1.807) is 6.92 Å². The number of carbonyl (C=O) groups is 2. The smallest absolute Gasteiger partial charge is 0.226 e. The zero-order chi connectivity index (χ0) is 16.8. The van der Waals surface area contributed by atoms with Gasteiger partial charge in [-0.2, -0.15) is 0 Å². The summed E-state index contributed by atoms with van der Waals surface area (Å²) in [5.74, 6) is 0.0296. The quantitative estimate of drug-likeness (QED) is 0.828. The Bertz CT molecular complexity index is 568. The SMILES string of the molecule is CC(=O)N(CCC(=O)Nc1ccc(Br)cc1C)C1CCCCC1. The third-order valence-corrected chi connectivity index (χ3v) is 4.96. The molecule has 2 amide bonds. The highest BCUT2D eigenvalue weighted by Crippen LogP contribution is 2.23. The van der Waals surface area contributed by atoms with Crippen molar-refractivity contribution in [3.8, 4) is 0 Å². The molecule has 0 atom stereocenters. The van der Waals surface area contributed by atoms with Gasteiger partial charge in [-0.25, -0.2) is 0 Å².